The van der Waals surface area contributed by atoms with E-state index in [-0.39, 0.29) is 17.0 Å². The van der Waals surface area contributed by atoms with E-state index in [4.69, 9.17) is 24.9 Å². The maximum absolute atomic E-state index is 6.70. The van der Waals surface area contributed by atoms with Gasteiger partial charge in [0.1, 0.15) is 23.5 Å². The number of nitrogens with two attached hydrogens (primary N) is 1. The number of benzene rings is 1. The molecule has 0 bridgehead atoms. The van der Waals surface area contributed by atoms with Crippen LogP contribution in [0.15, 0.2) is 58.7 Å². The number of hydrogen-bond acceptors (Lipinski definition) is 6. The van der Waals surface area contributed by atoms with E-state index in [1.54, 1.807) is 6.20 Å². The molecule has 1 saturated heterocycles. The maximum Gasteiger partial charge on any atom is 0.283 e. The quantitative estimate of drug-likeness (QED) is 0.801. The molecule has 1 atom stereocenters. The van der Waals surface area contributed by atoms with E-state index in [0.717, 1.165) is 41.7 Å². The number of rotatable bonds is 1. The van der Waals surface area contributed by atoms with E-state index in [0.29, 0.717) is 19.8 Å². The number of nitrogens with zero attached hydrogens (tertiary/aromatic N) is 2. The fourth-order valence-corrected chi connectivity index (χ4v) is 5.43. The molecule has 3 spiro atoms. The zero-order valence-electron chi connectivity index (χ0n) is 16.1. The Balaban J connectivity index is 1.54. The lowest BCUT2D eigenvalue weighted by Crippen LogP contribution is -2.75. The zero-order chi connectivity index (χ0) is 19.5. The zero-order valence-corrected chi connectivity index (χ0v) is 16.1. The smallest absolute Gasteiger partial charge is 0.283 e. The standard InChI is InChI=1S/C23H23N3O3/c24-20-26-23(15-28-20)18-11-16(17-5-2-1-3-10-25-12-17)6-7-19(18)29-22(8-4-9-22)21(23)13-27-14-21/h1-3,5-7,10-12H,4,8-9,13-15H2,(H2,24,26)/b2-1+,3-1?,5-2?,10-3+,17-5+,17-12?,25-10?,25-12-. The number of amidine groups is 1. The van der Waals surface area contributed by atoms with Crippen molar-refractivity contribution in [2.75, 3.05) is 19.8 Å². The Bertz CT molecular complexity index is 1030. The summed E-state index contributed by atoms with van der Waals surface area (Å²) in [5.41, 5.74) is 8.13. The summed E-state index contributed by atoms with van der Waals surface area (Å²) in [5, 5.41) is 0. The normalized spacial score (nSPS) is 34.9. The molecule has 1 saturated carbocycles. The first-order valence-electron chi connectivity index (χ1n) is 10.1. The highest BCUT2D eigenvalue weighted by Gasteiger charge is 2.75. The van der Waals surface area contributed by atoms with Gasteiger partial charge in [-0.15, -0.1) is 0 Å². The Morgan fingerprint density at radius 2 is 1.93 bits per heavy atom. The predicted molar refractivity (Wildman–Crippen MR) is 111 cm³/mol. The maximum atomic E-state index is 6.70. The van der Waals surface area contributed by atoms with Crippen molar-refractivity contribution in [1.82, 2.24) is 0 Å². The molecule has 4 aliphatic heterocycles. The van der Waals surface area contributed by atoms with Gasteiger partial charge >= 0.3 is 0 Å². The van der Waals surface area contributed by atoms with Crippen molar-refractivity contribution in [2.24, 2.45) is 21.1 Å². The Labute approximate surface area is 169 Å². The van der Waals surface area contributed by atoms with Crippen molar-refractivity contribution in [3.8, 4) is 5.75 Å². The van der Waals surface area contributed by atoms with Gasteiger partial charge in [-0.2, -0.15) is 0 Å². The Morgan fingerprint density at radius 1 is 1.03 bits per heavy atom. The number of hydrogen-bond donors (Lipinski definition) is 1. The van der Waals surface area contributed by atoms with E-state index in [9.17, 15) is 0 Å². The summed E-state index contributed by atoms with van der Waals surface area (Å²) in [6.07, 6.45) is 14.8. The topological polar surface area (TPSA) is 78.4 Å². The second-order valence-electron chi connectivity index (χ2n) is 8.46. The lowest BCUT2D eigenvalue weighted by atomic mass is 9.49. The van der Waals surface area contributed by atoms with Gasteiger partial charge in [0.25, 0.3) is 6.02 Å². The molecule has 4 heterocycles. The minimum atomic E-state index is -0.575. The first kappa shape index (κ1) is 17.0. The van der Waals surface area contributed by atoms with E-state index in [1.807, 2.05) is 24.4 Å². The average Bonchev–Trinajstić information content (AvgIpc) is 3.01. The van der Waals surface area contributed by atoms with Crippen LogP contribution >= 0.6 is 0 Å². The fraction of sp³-hybridized carbons (Fsp3) is 0.391. The monoisotopic (exact) mass is 389 g/mol. The molecule has 29 heavy (non-hydrogen) atoms. The average molecular weight is 389 g/mol. The van der Waals surface area contributed by atoms with Crippen molar-refractivity contribution in [1.29, 1.82) is 0 Å². The third-order valence-electron chi connectivity index (χ3n) is 7.20. The van der Waals surface area contributed by atoms with Crippen molar-refractivity contribution in [2.45, 2.75) is 30.4 Å². The van der Waals surface area contributed by atoms with Crippen LogP contribution in [0.4, 0.5) is 0 Å². The van der Waals surface area contributed by atoms with Gasteiger partial charge < -0.3 is 19.9 Å². The Morgan fingerprint density at radius 3 is 2.62 bits per heavy atom. The van der Waals surface area contributed by atoms with Crippen molar-refractivity contribution >= 4 is 17.8 Å². The molecule has 2 fully saturated rings. The van der Waals surface area contributed by atoms with Gasteiger partial charge in [0, 0.05) is 18.0 Å². The van der Waals surface area contributed by atoms with Crippen LogP contribution in [0.5, 0.6) is 5.75 Å². The molecule has 2 N–H and O–H groups in total. The van der Waals surface area contributed by atoms with Crippen LogP contribution in [0.3, 0.4) is 0 Å². The molecule has 5 aliphatic rings. The SMILES string of the molecule is NC1=NC2(CO1)c1cc(C3=C/C=C/C=C/N=C\3)ccc1OC1(CCC1)C21COC1. The van der Waals surface area contributed by atoms with Gasteiger partial charge in [-0.1, -0.05) is 24.3 Å². The second kappa shape index (κ2) is 5.83. The van der Waals surface area contributed by atoms with Crippen LogP contribution in [-0.4, -0.2) is 37.7 Å². The first-order chi connectivity index (χ1) is 14.2. The van der Waals surface area contributed by atoms with Gasteiger partial charge in [-0.3, -0.25) is 4.99 Å². The highest BCUT2D eigenvalue weighted by atomic mass is 16.5. The lowest BCUT2D eigenvalue weighted by molar-refractivity contribution is -0.281. The minimum Gasteiger partial charge on any atom is -0.486 e. The van der Waals surface area contributed by atoms with Crippen LogP contribution in [0, 0.1) is 5.41 Å². The molecule has 1 aromatic rings. The molecule has 148 valence electrons. The van der Waals surface area contributed by atoms with Gasteiger partial charge in [-0.25, -0.2) is 4.99 Å². The predicted octanol–water partition coefficient (Wildman–Crippen LogP) is 3.10. The molecule has 6 heteroatoms. The molecule has 6 rings (SSSR count). The molecule has 6 nitrogen and oxygen atoms in total. The summed E-state index contributed by atoms with van der Waals surface area (Å²) in [6, 6.07) is 6.58. The molecule has 1 aliphatic carbocycles. The summed E-state index contributed by atoms with van der Waals surface area (Å²) in [4.78, 5) is 9.28. The molecule has 1 unspecified atom stereocenters. The van der Waals surface area contributed by atoms with Crippen molar-refractivity contribution in [3.05, 3.63) is 59.8 Å². The Kier molecular flexibility index (Phi) is 3.42. The van der Waals surface area contributed by atoms with Gasteiger partial charge in [0.15, 0.2) is 0 Å². The molecule has 0 aromatic heterocycles. The van der Waals surface area contributed by atoms with Crippen molar-refractivity contribution in [3.63, 3.8) is 0 Å². The summed E-state index contributed by atoms with van der Waals surface area (Å²) >= 11 is 0. The minimum absolute atomic E-state index is 0.239. The van der Waals surface area contributed by atoms with Crippen LogP contribution in [0.1, 0.15) is 30.4 Å². The van der Waals surface area contributed by atoms with E-state index < -0.39 is 5.54 Å². The van der Waals surface area contributed by atoms with Crippen LogP contribution in [0.2, 0.25) is 0 Å². The van der Waals surface area contributed by atoms with Crippen LogP contribution in [0.25, 0.3) is 5.57 Å². The highest BCUT2D eigenvalue weighted by molar-refractivity contribution is 6.10. The number of ether oxygens (including phenoxy) is 3. The van der Waals surface area contributed by atoms with Gasteiger partial charge in [-0.05, 0) is 48.6 Å². The molecular formula is C23H23N3O3. The summed E-state index contributed by atoms with van der Waals surface area (Å²) in [7, 11) is 0. The van der Waals surface area contributed by atoms with Gasteiger partial charge in [0.05, 0.1) is 18.6 Å². The molecule has 1 aromatic carbocycles. The lowest BCUT2D eigenvalue weighted by Gasteiger charge is -2.66. The fourth-order valence-electron chi connectivity index (χ4n) is 5.43. The number of fused-ring (bicyclic) bond motifs is 4. The first-order valence-corrected chi connectivity index (χ1v) is 10.1. The van der Waals surface area contributed by atoms with Gasteiger partial charge in [0.2, 0.25) is 0 Å². The highest BCUT2D eigenvalue weighted by Crippen LogP contribution is 2.67. The van der Waals surface area contributed by atoms with E-state index in [1.165, 1.54) is 0 Å². The number of aliphatic imine (C=N–C) groups is 2. The summed E-state index contributed by atoms with van der Waals surface area (Å²) in [5.74, 6) is 0.881. The third-order valence-corrected chi connectivity index (χ3v) is 7.20. The van der Waals surface area contributed by atoms with Crippen LogP contribution < -0.4 is 10.5 Å². The summed E-state index contributed by atoms with van der Waals surface area (Å²) < 4.78 is 18.2. The van der Waals surface area contributed by atoms with E-state index >= 15 is 0 Å². The largest absolute Gasteiger partial charge is 0.486 e. The molecule has 0 radical (unpaired) electrons. The molecule has 0 amide bonds. The van der Waals surface area contributed by atoms with Crippen LogP contribution in [-0.2, 0) is 15.0 Å². The molecular weight excluding hydrogens is 366 g/mol. The second-order valence-corrected chi connectivity index (χ2v) is 8.46. The third kappa shape index (κ3) is 2.10. The summed E-state index contributed by atoms with van der Waals surface area (Å²) in [6.45, 7) is 1.67. The van der Waals surface area contributed by atoms with Crippen molar-refractivity contribution < 1.29 is 14.2 Å². The van der Waals surface area contributed by atoms with E-state index in [2.05, 4.69) is 29.3 Å². The number of allylic oxidation sites excluding steroid dienone is 5. The Hall–Kier alpha value is -2.86.